The van der Waals surface area contributed by atoms with Crippen molar-refractivity contribution in [3.05, 3.63) is 29.8 Å². The summed E-state index contributed by atoms with van der Waals surface area (Å²) >= 11 is 0. The Bertz CT molecular complexity index is 331. The molecule has 3 nitrogen and oxygen atoms in total. The maximum absolute atomic E-state index is 5.65. The van der Waals surface area contributed by atoms with Gasteiger partial charge in [0.05, 0.1) is 6.10 Å². The molecule has 94 valence electrons. The Morgan fingerprint density at radius 2 is 2.12 bits per heavy atom. The molecule has 0 saturated carbocycles. The Labute approximate surface area is 104 Å². The Balaban J connectivity index is 1.91. The first-order chi connectivity index (χ1) is 8.29. The minimum Gasteiger partial charge on any atom is -0.376 e. The summed E-state index contributed by atoms with van der Waals surface area (Å²) in [5, 5.41) is 0. The van der Waals surface area contributed by atoms with Crippen LogP contribution in [0.4, 0.5) is 5.69 Å². The number of hydrogen-bond donors (Lipinski definition) is 1. The Kier molecular flexibility index (Phi) is 4.40. The Hall–Kier alpha value is -1.06. The summed E-state index contributed by atoms with van der Waals surface area (Å²) in [6.07, 6.45) is 3.75. The lowest BCUT2D eigenvalue weighted by Gasteiger charge is -2.22. The summed E-state index contributed by atoms with van der Waals surface area (Å²) in [5.41, 5.74) is 8.10. The first-order valence-electron chi connectivity index (χ1n) is 6.41. The van der Waals surface area contributed by atoms with E-state index >= 15 is 0 Å². The molecule has 2 rings (SSSR count). The van der Waals surface area contributed by atoms with Gasteiger partial charge >= 0.3 is 0 Å². The third-order valence-electron chi connectivity index (χ3n) is 3.31. The molecule has 0 spiro atoms. The van der Waals surface area contributed by atoms with Crippen LogP contribution >= 0.6 is 0 Å². The predicted octanol–water partition coefficient (Wildman–Crippen LogP) is 1.80. The number of nitrogens with two attached hydrogens (primary N) is 1. The predicted molar refractivity (Wildman–Crippen MR) is 71.4 cm³/mol. The third-order valence-corrected chi connectivity index (χ3v) is 3.31. The molecule has 1 heterocycles. The number of hydrogen-bond acceptors (Lipinski definition) is 3. The molecule has 1 fully saturated rings. The van der Waals surface area contributed by atoms with Gasteiger partial charge in [-0.1, -0.05) is 12.1 Å². The van der Waals surface area contributed by atoms with Crippen molar-refractivity contribution in [1.82, 2.24) is 0 Å². The molecule has 1 aromatic carbocycles. The molecule has 0 bridgehead atoms. The molecule has 1 atom stereocenters. The van der Waals surface area contributed by atoms with Crippen LogP contribution in [0.1, 0.15) is 18.4 Å². The number of rotatable bonds is 5. The molecule has 17 heavy (non-hydrogen) atoms. The Morgan fingerprint density at radius 1 is 1.35 bits per heavy atom. The molecular weight excluding hydrogens is 212 g/mol. The zero-order chi connectivity index (χ0) is 12.1. The first-order valence-corrected chi connectivity index (χ1v) is 6.41. The van der Waals surface area contributed by atoms with Gasteiger partial charge in [-0.15, -0.1) is 0 Å². The highest BCUT2D eigenvalue weighted by molar-refractivity contribution is 5.47. The second-order valence-corrected chi connectivity index (χ2v) is 4.72. The van der Waals surface area contributed by atoms with Crippen LogP contribution in [0.5, 0.6) is 0 Å². The Morgan fingerprint density at radius 3 is 2.71 bits per heavy atom. The molecule has 2 N–H and O–H groups in total. The van der Waals surface area contributed by atoms with Crippen molar-refractivity contribution in [1.29, 1.82) is 0 Å². The highest BCUT2D eigenvalue weighted by Crippen LogP contribution is 2.18. The molecule has 0 amide bonds. The molecule has 0 aromatic heterocycles. The zero-order valence-electron chi connectivity index (χ0n) is 10.6. The number of benzene rings is 1. The monoisotopic (exact) mass is 234 g/mol. The van der Waals surface area contributed by atoms with E-state index in [1.54, 1.807) is 0 Å². The largest absolute Gasteiger partial charge is 0.376 e. The van der Waals surface area contributed by atoms with Crippen LogP contribution in [-0.2, 0) is 11.2 Å². The fourth-order valence-corrected chi connectivity index (χ4v) is 2.28. The van der Waals surface area contributed by atoms with Crippen molar-refractivity contribution in [2.24, 2.45) is 5.73 Å². The van der Waals surface area contributed by atoms with E-state index in [1.807, 2.05) is 0 Å². The van der Waals surface area contributed by atoms with Crippen LogP contribution in [0.15, 0.2) is 24.3 Å². The maximum Gasteiger partial charge on any atom is 0.0750 e. The number of likely N-dealkylation sites (N-methyl/N-ethyl adjacent to an activating group) is 1. The topological polar surface area (TPSA) is 38.5 Å². The fourth-order valence-electron chi connectivity index (χ4n) is 2.28. The van der Waals surface area contributed by atoms with Crippen molar-refractivity contribution in [2.45, 2.75) is 25.4 Å². The number of nitrogens with zero attached hydrogens (tertiary/aromatic N) is 1. The SMILES string of the molecule is CN(CC1CCCO1)c1ccc(CCN)cc1. The minimum atomic E-state index is 0.406. The summed E-state index contributed by atoms with van der Waals surface area (Å²) in [5.74, 6) is 0. The van der Waals surface area contributed by atoms with Crippen molar-refractivity contribution >= 4 is 5.69 Å². The molecule has 0 aliphatic carbocycles. The van der Waals surface area contributed by atoms with E-state index in [2.05, 4.69) is 36.2 Å². The number of anilines is 1. The molecule has 1 unspecified atom stereocenters. The van der Waals surface area contributed by atoms with E-state index < -0.39 is 0 Å². The average molecular weight is 234 g/mol. The van der Waals surface area contributed by atoms with Crippen LogP contribution in [0.3, 0.4) is 0 Å². The molecule has 1 saturated heterocycles. The quantitative estimate of drug-likeness (QED) is 0.844. The van der Waals surface area contributed by atoms with E-state index in [1.165, 1.54) is 24.1 Å². The lowest BCUT2D eigenvalue weighted by atomic mass is 10.1. The first kappa shape index (κ1) is 12.4. The maximum atomic E-state index is 5.65. The summed E-state index contributed by atoms with van der Waals surface area (Å²) in [7, 11) is 2.12. The van der Waals surface area contributed by atoms with Gasteiger partial charge in [-0.25, -0.2) is 0 Å². The van der Waals surface area contributed by atoms with Gasteiger partial charge in [0.15, 0.2) is 0 Å². The molecule has 1 aromatic rings. The van der Waals surface area contributed by atoms with E-state index in [0.29, 0.717) is 12.6 Å². The molecule has 0 radical (unpaired) electrons. The van der Waals surface area contributed by atoms with E-state index in [4.69, 9.17) is 10.5 Å². The molecule has 1 aliphatic rings. The smallest absolute Gasteiger partial charge is 0.0750 e. The van der Waals surface area contributed by atoms with E-state index in [0.717, 1.165) is 19.6 Å². The van der Waals surface area contributed by atoms with Crippen LogP contribution in [0.2, 0.25) is 0 Å². The summed E-state index contributed by atoms with van der Waals surface area (Å²) in [4.78, 5) is 2.27. The van der Waals surface area contributed by atoms with Crippen LogP contribution < -0.4 is 10.6 Å². The van der Waals surface area contributed by atoms with Crippen LogP contribution in [0.25, 0.3) is 0 Å². The molecular formula is C14H22N2O. The van der Waals surface area contributed by atoms with Gasteiger partial charge in [-0.05, 0) is 43.5 Å². The van der Waals surface area contributed by atoms with Gasteiger partial charge in [0, 0.05) is 25.9 Å². The average Bonchev–Trinajstić information content (AvgIpc) is 2.83. The summed E-state index contributed by atoms with van der Waals surface area (Å²) in [6, 6.07) is 8.66. The highest BCUT2D eigenvalue weighted by Gasteiger charge is 2.17. The van der Waals surface area contributed by atoms with E-state index in [-0.39, 0.29) is 0 Å². The number of ether oxygens (including phenoxy) is 1. The van der Waals surface area contributed by atoms with Gasteiger partial charge in [0.25, 0.3) is 0 Å². The lowest BCUT2D eigenvalue weighted by Crippen LogP contribution is -2.28. The third kappa shape index (κ3) is 3.45. The van der Waals surface area contributed by atoms with Crippen molar-refractivity contribution in [3.63, 3.8) is 0 Å². The lowest BCUT2D eigenvalue weighted by molar-refractivity contribution is 0.116. The van der Waals surface area contributed by atoms with Crippen molar-refractivity contribution in [3.8, 4) is 0 Å². The normalized spacial score (nSPS) is 19.5. The summed E-state index contributed by atoms with van der Waals surface area (Å²) < 4.78 is 5.65. The van der Waals surface area contributed by atoms with Crippen LogP contribution in [0, 0.1) is 0 Å². The fraction of sp³-hybridized carbons (Fsp3) is 0.571. The molecule has 3 heteroatoms. The van der Waals surface area contributed by atoms with Crippen molar-refractivity contribution < 1.29 is 4.74 Å². The van der Waals surface area contributed by atoms with Gasteiger partial charge < -0.3 is 15.4 Å². The van der Waals surface area contributed by atoms with E-state index in [9.17, 15) is 0 Å². The van der Waals surface area contributed by atoms with Gasteiger partial charge in [-0.3, -0.25) is 0 Å². The highest BCUT2D eigenvalue weighted by atomic mass is 16.5. The second-order valence-electron chi connectivity index (χ2n) is 4.72. The summed E-state index contributed by atoms with van der Waals surface area (Å²) in [6.45, 7) is 2.62. The second kappa shape index (κ2) is 6.03. The minimum absolute atomic E-state index is 0.406. The van der Waals surface area contributed by atoms with Gasteiger partial charge in [0.2, 0.25) is 0 Å². The van der Waals surface area contributed by atoms with Crippen LogP contribution in [-0.4, -0.2) is 32.8 Å². The van der Waals surface area contributed by atoms with Gasteiger partial charge in [0.1, 0.15) is 0 Å². The van der Waals surface area contributed by atoms with Crippen molar-refractivity contribution in [2.75, 3.05) is 31.6 Å². The molecule has 1 aliphatic heterocycles. The standard InChI is InChI=1S/C14H22N2O/c1-16(11-14-3-2-10-17-14)13-6-4-12(5-7-13)8-9-15/h4-7,14H,2-3,8-11,15H2,1H3. The van der Waals surface area contributed by atoms with Gasteiger partial charge in [-0.2, -0.15) is 0 Å². The zero-order valence-corrected chi connectivity index (χ0v) is 10.6.